The quantitative estimate of drug-likeness (QED) is 0.374. The fourth-order valence-corrected chi connectivity index (χ4v) is 5.34. The topological polar surface area (TPSA) is 66.8 Å². The van der Waals surface area contributed by atoms with Crippen molar-refractivity contribution in [3.63, 3.8) is 0 Å². The molecule has 0 radical (unpaired) electrons. The molecule has 2 fully saturated rings. The van der Waals surface area contributed by atoms with E-state index in [0.29, 0.717) is 30.5 Å². The number of aliphatic hydroxyl groups is 1. The van der Waals surface area contributed by atoms with E-state index in [1.165, 1.54) is 12.8 Å². The number of fused-ring (bicyclic) bond motifs is 2. The molecule has 5 unspecified atom stereocenters. The maximum atomic E-state index is 10.5. The van der Waals surface area contributed by atoms with E-state index in [1.54, 1.807) is 0 Å². The van der Waals surface area contributed by atoms with Gasteiger partial charge >= 0.3 is 5.97 Å². The Hall–Kier alpha value is -0.520. The maximum Gasteiger partial charge on any atom is 0.303 e. The van der Waals surface area contributed by atoms with Gasteiger partial charge in [0.2, 0.25) is 0 Å². The largest absolute Gasteiger partial charge is 0.481 e. The van der Waals surface area contributed by atoms with Crippen LogP contribution in [0.4, 0.5) is 0 Å². The normalized spacial score (nSPS) is 29.5. The Balaban J connectivity index is 1.69. The van der Waals surface area contributed by atoms with Crippen LogP contribution in [0.25, 0.3) is 0 Å². The molecule has 0 aromatic heterocycles. The molecule has 0 saturated carbocycles. The molecule has 2 saturated heterocycles. The highest BCUT2D eigenvalue weighted by atomic mass is 32.2. The van der Waals surface area contributed by atoms with Gasteiger partial charge in [0.1, 0.15) is 0 Å². The molecule has 2 aliphatic heterocycles. The molecule has 0 aliphatic carbocycles. The van der Waals surface area contributed by atoms with E-state index in [1.807, 2.05) is 11.8 Å². The number of rotatable bonds is 13. The molecule has 0 aromatic rings. The second-order valence-electron chi connectivity index (χ2n) is 7.44. The lowest BCUT2D eigenvalue weighted by atomic mass is 9.78. The summed E-state index contributed by atoms with van der Waals surface area (Å²) in [6, 6.07) is 0. The smallest absolute Gasteiger partial charge is 0.303 e. The molecule has 2 bridgehead atoms. The molecular weight excluding hydrogens is 336 g/mol. The number of hydrogen-bond acceptors (Lipinski definition) is 4. The van der Waals surface area contributed by atoms with Crippen LogP contribution in [-0.4, -0.2) is 46.0 Å². The van der Waals surface area contributed by atoms with Crippen molar-refractivity contribution >= 4 is 17.7 Å². The van der Waals surface area contributed by atoms with Gasteiger partial charge in [0.25, 0.3) is 0 Å². The number of carboxylic acids is 1. The Morgan fingerprint density at radius 3 is 2.72 bits per heavy atom. The SMILES string of the molecule is CCCCC(O)CSCC1C2CCC(O2)C1C/C=C\CCCC(=O)O. The first-order valence-corrected chi connectivity index (χ1v) is 11.0. The maximum absolute atomic E-state index is 10.5. The van der Waals surface area contributed by atoms with Crippen molar-refractivity contribution in [3.05, 3.63) is 12.2 Å². The third kappa shape index (κ3) is 6.95. The summed E-state index contributed by atoms with van der Waals surface area (Å²) >= 11 is 1.88. The van der Waals surface area contributed by atoms with Crippen molar-refractivity contribution in [1.29, 1.82) is 0 Å². The van der Waals surface area contributed by atoms with Crippen molar-refractivity contribution in [3.8, 4) is 0 Å². The van der Waals surface area contributed by atoms with Gasteiger partial charge in [-0.15, -0.1) is 0 Å². The highest BCUT2D eigenvalue weighted by Gasteiger charge is 2.47. The summed E-state index contributed by atoms with van der Waals surface area (Å²) in [6.07, 6.45) is 13.4. The first-order chi connectivity index (χ1) is 12.1. The Morgan fingerprint density at radius 2 is 2.00 bits per heavy atom. The highest BCUT2D eigenvalue weighted by Crippen LogP contribution is 2.46. The Bertz CT molecular complexity index is 426. The van der Waals surface area contributed by atoms with Crippen LogP contribution in [0.1, 0.15) is 64.7 Å². The van der Waals surface area contributed by atoms with E-state index in [4.69, 9.17) is 9.84 Å². The fraction of sp³-hybridized carbons (Fsp3) is 0.850. The molecule has 144 valence electrons. The molecule has 2 aliphatic rings. The summed E-state index contributed by atoms with van der Waals surface area (Å²) in [5, 5.41) is 18.7. The van der Waals surface area contributed by atoms with Gasteiger partial charge in [-0.05, 0) is 56.1 Å². The fourth-order valence-electron chi connectivity index (χ4n) is 4.03. The predicted octanol–water partition coefficient (Wildman–Crippen LogP) is 4.27. The number of carbonyl (C=O) groups is 1. The Labute approximate surface area is 156 Å². The minimum atomic E-state index is -0.715. The summed E-state index contributed by atoms with van der Waals surface area (Å²) in [4.78, 5) is 10.5. The number of carboxylic acid groups (broad SMARTS) is 1. The van der Waals surface area contributed by atoms with Crippen molar-refractivity contribution in [1.82, 2.24) is 0 Å². The zero-order valence-electron chi connectivity index (χ0n) is 15.4. The third-order valence-electron chi connectivity index (χ3n) is 5.44. The number of aliphatic hydroxyl groups excluding tert-OH is 1. The average molecular weight is 371 g/mol. The lowest BCUT2D eigenvalue weighted by Gasteiger charge is -2.27. The summed E-state index contributed by atoms with van der Waals surface area (Å²) in [5.74, 6) is 2.40. The zero-order chi connectivity index (χ0) is 18.1. The Morgan fingerprint density at radius 1 is 1.24 bits per heavy atom. The van der Waals surface area contributed by atoms with Gasteiger partial charge < -0.3 is 14.9 Å². The van der Waals surface area contributed by atoms with E-state index in [0.717, 1.165) is 43.6 Å². The summed E-state index contributed by atoms with van der Waals surface area (Å²) in [7, 11) is 0. The minimum absolute atomic E-state index is 0.169. The molecule has 0 aromatic carbocycles. The van der Waals surface area contributed by atoms with Crippen LogP contribution in [0.5, 0.6) is 0 Å². The molecular formula is C20H34O4S. The first-order valence-electron chi connectivity index (χ1n) is 9.89. The van der Waals surface area contributed by atoms with Crippen LogP contribution < -0.4 is 0 Å². The van der Waals surface area contributed by atoms with Gasteiger partial charge in [-0.2, -0.15) is 11.8 Å². The zero-order valence-corrected chi connectivity index (χ0v) is 16.3. The molecule has 25 heavy (non-hydrogen) atoms. The van der Waals surface area contributed by atoms with E-state index >= 15 is 0 Å². The molecule has 5 atom stereocenters. The Kier molecular flexibility index (Phi) is 9.35. The standard InChI is InChI=1S/C20H34O4S/c1-2-3-8-15(21)13-25-14-17-16(18-11-12-19(17)24-18)9-6-4-5-7-10-20(22)23/h4,6,15-19,21H,2-3,5,7-14H2,1H3,(H,22,23)/b6-4-. The predicted molar refractivity (Wildman–Crippen MR) is 103 cm³/mol. The number of aliphatic carboxylic acids is 1. The number of ether oxygens (including phenoxy) is 1. The van der Waals surface area contributed by atoms with Gasteiger partial charge in [0.15, 0.2) is 0 Å². The molecule has 5 heteroatoms. The summed E-state index contributed by atoms with van der Waals surface area (Å²) in [6.45, 7) is 2.16. The number of thioether (sulfide) groups is 1. The molecule has 0 spiro atoms. The van der Waals surface area contributed by atoms with Gasteiger partial charge in [0, 0.05) is 12.2 Å². The molecule has 2 N–H and O–H groups in total. The first kappa shape index (κ1) is 20.8. The minimum Gasteiger partial charge on any atom is -0.481 e. The van der Waals surface area contributed by atoms with E-state index < -0.39 is 5.97 Å². The number of allylic oxidation sites excluding steroid dienone is 2. The van der Waals surface area contributed by atoms with Crippen LogP contribution >= 0.6 is 11.8 Å². The van der Waals surface area contributed by atoms with Gasteiger partial charge in [0.05, 0.1) is 18.3 Å². The van der Waals surface area contributed by atoms with Gasteiger partial charge in [-0.1, -0.05) is 31.9 Å². The lowest BCUT2D eigenvalue weighted by Crippen LogP contribution is -2.29. The van der Waals surface area contributed by atoms with Crippen LogP contribution in [0.2, 0.25) is 0 Å². The molecule has 2 rings (SSSR count). The van der Waals surface area contributed by atoms with Crippen molar-refractivity contribution < 1.29 is 19.7 Å². The second-order valence-corrected chi connectivity index (χ2v) is 8.52. The molecule has 0 amide bonds. The highest BCUT2D eigenvalue weighted by molar-refractivity contribution is 7.99. The molecule has 2 heterocycles. The molecule has 4 nitrogen and oxygen atoms in total. The average Bonchev–Trinajstić information content (AvgIpc) is 3.18. The van der Waals surface area contributed by atoms with Gasteiger partial charge in [-0.25, -0.2) is 0 Å². The van der Waals surface area contributed by atoms with Crippen LogP contribution in [0.3, 0.4) is 0 Å². The number of hydrogen-bond donors (Lipinski definition) is 2. The summed E-state index contributed by atoms with van der Waals surface area (Å²) < 4.78 is 6.14. The van der Waals surface area contributed by atoms with Crippen LogP contribution in [-0.2, 0) is 9.53 Å². The van der Waals surface area contributed by atoms with Crippen molar-refractivity contribution in [2.24, 2.45) is 11.8 Å². The van der Waals surface area contributed by atoms with E-state index in [-0.39, 0.29) is 12.5 Å². The van der Waals surface area contributed by atoms with E-state index in [2.05, 4.69) is 19.1 Å². The van der Waals surface area contributed by atoms with Crippen molar-refractivity contribution in [2.45, 2.75) is 83.0 Å². The van der Waals surface area contributed by atoms with E-state index in [9.17, 15) is 9.90 Å². The lowest BCUT2D eigenvalue weighted by molar-refractivity contribution is -0.137. The van der Waals surface area contributed by atoms with Crippen molar-refractivity contribution in [2.75, 3.05) is 11.5 Å². The van der Waals surface area contributed by atoms with Gasteiger partial charge in [-0.3, -0.25) is 4.79 Å². The third-order valence-corrected chi connectivity index (χ3v) is 6.68. The van der Waals surface area contributed by atoms with Crippen LogP contribution in [0, 0.1) is 11.8 Å². The second kappa shape index (κ2) is 11.2. The monoisotopic (exact) mass is 370 g/mol. The van der Waals surface area contributed by atoms with Crippen LogP contribution in [0.15, 0.2) is 12.2 Å². The number of unbranched alkanes of at least 4 members (excludes halogenated alkanes) is 2. The summed E-state index contributed by atoms with van der Waals surface area (Å²) in [5.41, 5.74) is 0.